The number of hydrogen-bond donors (Lipinski definition) is 1. The molecule has 0 radical (unpaired) electrons. The molecule has 1 fully saturated rings. The van der Waals surface area contributed by atoms with Crippen LogP contribution in [0.25, 0.3) is 0 Å². The van der Waals surface area contributed by atoms with E-state index in [-0.39, 0.29) is 24.2 Å². The molecule has 102 valence electrons. The highest BCUT2D eigenvalue weighted by Gasteiger charge is 2.40. The summed E-state index contributed by atoms with van der Waals surface area (Å²) >= 11 is 0. The summed E-state index contributed by atoms with van der Waals surface area (Å²) in [6, 6.07) is 0. The fourth-order valence-corrected chi connectivity index (χ4v) is 2.77. The van der Waals surface area contributed by atoms with Gasteiger partial charge in [0.25, 0.3) is 0 Å². The zero-order valence-corrected chi connectivity index (χ0v) is 11.7. The summed E-state index contributed by atoms with van der Waals surface area (Å²) in [7, 11) is 0. The average molecular weight is 247 g/mol. The molecular formula is C14H27F2N. The molecule has 1 aliphatic carbocycles. The lowest BCUT2D eigenvalue weighted by atomic mass is 9.82. The first-order chi connectivity index (χ1) is 7.70. The third-order valence-corrected chi connectivity index (χ3v) is 3.50. The Kier molecular flexibility index (Phi) is 4.94. The SMILES string of the molecule is CC(C)CNCC(C)(C)CC1CCC(F)(F)C1. The van der Waals surface area contributed by atoms with Crippen molar-refractivity contribution < 1.29 is 8.78 Å². The van der Waals surface area contributed by atoms with Gasteiger partial charge in [-0.15, -0.1) is 0 Å². The number of hydrogen-bond acceptors (Lipinski definition) is 1. The van der Waals surface area contributed by atoms with Gasteiger partial charge in [0.15, 0.2) is 0 Å². The minimum absolute atomic E-state index is 0.0904. The first kappa shape index (κ1) is 14.9. The minimum atomic E-state index is -2.40. The van der Waals surface area contributed by atoms with Crippen molar-refractivity contribution in [1.82, 2.24) is 5.32 Å². The van der Waals surface area contributed by atoms with Crippen LogP contribution in [0, 0.1) is 17.3 Å². The molecule has 0 aromatic heterocycles. The fourth-order valence-electron chi connectivity index (χ4n) is 2.77. The summed E-state index contributed by atoms with van der Waals surface area (Å²) in [4.78, 5) is 0. The van der Waals surface area contributed by atoms with E-state index in [1.54, 1.807) is 0 Å². The summed E-state index contributed by atoms with van der Waals surface area (Å²) in [5, 5.41) is 3.43. The van der Waals surface area contributed by atoms with Crippen molar-refractivity contribution in [3.8, 4) is 0 Å². The van der Waals surface area contributed by atoms with E-state index < -0.39 is 5.92 Å². The van der Waals surface area contributed by atoms with Gasteiger partial charge in [0.1, 0.15) is 0 Å². The molecule has 3 heteroatoms. The average Bonchev–Trinajstić information content (AvgIpc) is 2.43. The summed E-state index contributed by atoms with van der Waals surface area (Å²) in [5.41, 5.74) is 0.125. The highest BCUT2D eigenvalue weighted by molar-refractivity contribution is 4.85. The van der Waals surface area contributed by atoms with Gasteiger partial charge in [0.2, 0.25) is 5.92 Å². The lowest BCUT2D eigenvalue weighted by molar-refractivity contribution is 0.00318. The van der Waals surface area contributed by atoms with Crippen molar-refractivity contribution in [1.29, 1.82) is 0 Å². The Morgan fingerprint density at radius 1 is 1.35 bits per heavy atom. The zero-order chi connectivity index (χ0) is 13.1. The van der Waals surface area contributed by atoms with E-state index in [9.17, 15) is 8.78 Å². The van der Waals surface area contributed by atoms with Gasteiger partial charge in [-0.2, -0.15) is 0 Å². The van der Waals surface area contributed by atoms with E-state index in [0.29, 0.717) is 12.3 Å². The number of halogens is 2. The Bertz CT molecular complexity index is 236. The molecule has 1 rings (SSSR count). The van der Waals surface area contributed by atoms with Crippen LogP contribution >= 0.6 is 0 Å². The molecule has 0 aromatic carbocycles. The van der Waals surface area contributed by atoms with Crippen LogP contribution in [0.2, 0.25) is 0 Å². The second-order valence-corrected chi connectivity index (χ2v) is 6.86. The smallest absolute Gasteiger partial charge is 0.248 e. The van der Waals surface area contributed by atoms with Crippen molar-refractivity contribution in [3.05, 3.63) is 0 Å². The molecule has 1 saturated carbocycles. The molecule has 0 bridgehead atoms. The van der Waals surface area contributed by atoms with Crippen LogP contribution in [0.4, 0.5) is 8.78 Å². The normalized spacial score (nSPS) is 24.5. The predicted octanol–water partition coefficient (Wildman–Crippen LogP) is 4.08. The van der Waals surface area contributed by atoms with Gasteiger partial charge in [-0.3, -0.25) is 0 Å². The summed E-state index contributed by atoms with van der Waals surface area (Å²) < 4.78 is 26.2. The molecule has 0 spiro atoms. The fraction of sp³-hybridized carbons (Fsp3) is 1.00. The van der Waals surface area contributed by atoms with Crippen molar-refractivity contribution in [2.24, 2.45) is 17.3 Å². The molecule has 1 atom stereocenters. The number of rotatable bonds is 6. The van der Waals surface area contributed by atoms with Crippen molar-refractivity contribution in [2.45, 2.75) is 59.3 Å². The van der Waals surface area contributed by atoms with Gasteiger partial charge in [-0.05, 0) is 36.6 Å². The first-order valence-electron chi connectivity index (χ1n) is 6.79. The Hall–Kier alpha value is -0.180. The van der Waals surface area contributed by atoms with Crippen LogP contribution in [0.1, 0.15) is 53.4 Å². The molecule has 17 heavy (non-hydrogen) atoms. The molecule has 1 N–H and O–H groups in total. The van der Waals surface area contributed by atoms with Gasteiger partial charge >= 0.3 is 0 Å². The second kappa shape index (κ2) is 5.64. The molecule has 1 unspecified atom stereocenters. The Morgan fingerprint density at radius 3 is 2.47 bits per heavy atom. The summed E-state index contributed by atoms with van der Waals surface area (Å²) in [5.74, 6) is -1.55. The molecule has 0 heterocycles. The van der Waals surface area contributed by atoms with Crippen LogP contribution < -0.4 is 5.32 Å². The molecule has 0 aromatic rings. The molecule has 0 saturated heterocycles. The minimum Gasteiger partial charge on any atom is -0.316 e. The topological polar surface area (TPSA) is 12.0 Å². The van der Waals surface area contributed by atoms with Crippen molar-refractivity contribution in [2.75, 3.05) is 13.1 Å². The third kappa shape index (κ3) is 5.80. The second-order valence-electron chi connectivity index (χ2n) is 6.86. The van der Waals surface area contributed by atoms with Gasteiger partial charge in [0.05, 0.1) is 0 Å². The molecule has 1 nitrogen and oxygen atoms in total. The highest BCUT2D eigenvalue weighted by Crippen LogP contribution is 2.43. The quantitative estimate of drug-likeness (QED) is 0.745. The third-order valence-electron chi connectivity index (χ3n) is 3.50. The zero-order valence-electron chi connectivity index (χ0n) is 11.7. The first-order valence-corrected chi connectivity index (χ1v) is 6.79. The van der Waals surface area contributed by atoms with E-state index in [1.165, 1.54) is 0 Å². The van der Waals surface area contributed by atoms with Crippen LogP contribution in [0.15, 0.2) is 0 Å². The van der Waals surface area contributed by atoms with Gasteiger partial charge in [0, 0.05) is 19.4 Å². The molecular weight excluding hydrogens is 220 g/mol. The van der Waals surface area contributed by atoms with Crippen molar-refractivity contribution in [3.63, 3.8) is 0 Å². The largest absolute Gasteiger partial charge is 0.316 e. The molecule has 1 aliphatic rings. The number of alkyl halides is 2. The maximum atomic E-state index is 13.1. The number of nitrogens with one attached hydrogen (secondary N) is 1. The van der Waals surface area contributed by atoms with E-state index in [1.807, 2.05) is 0 Å². The van der Waals surface area contributed by atoms with Gasteiger partial charge < -0.3 is 5.32 Å². The summed E-state index contributed by atoms with van der Waals surface area (Å²) in [6.45, 7) is 10.6. The predicted molar refractivity (Wildman–Crippen MR) is 68.4 cm³/mol. The molecule has 0 amide bonds. The van der Waals surface area contributed by atoms with E-state index in [2.05, 4.69) is 33.0 Å². The van der Waals surface area contributed by atoms with Crippen LogP contribution in [0.3, 0.4) is 0 Å². The molecule has 0 aliphatic heterocycles. The highest BCUT2D eigenvalue weighted by atomic mass is 19.3. The Labute approximate surface area is 104 Å². The van der Waals surface area contributed by atoms with E-state index in [4.69, 9.17) is 0 Å². The van der Waals surface area contributed by atoms with Crippen LogP contribution in [-0.4, -0.2) is 19.0 Å². The van der Waals surface area contributed by atoms with E-state index >= 15 is 0 Å². The lowest BCUT2D eigenvalue weighted by Crippen LogP contribution is -2.33. The lowest BCUT2D eigenvalue weighted by Gasteiger charge is -2.28. The maximum Gasteiger partial charge on any atom is 0.248 e. The van der Waals surface area contributed by atoms with Crippen LogP contribution in [0.5, 0.6) is 0 Å². The van der Waals surface area contributed by atoms with E-state index in [0.717, 1.165) is 19.5 Å². The standard InChI is InChI=1S/C14H27F2N/c1-11(2)9-17-10-13(3,4)7-12-5-6-14(15,16)8-12/h11-12,17H,5-10H2,1-4H3. The van der Waals surface area contributed by atoms with Crippen LogP contribution in [-0.2, 0) is 0 Å². The Morgan fingerprint density at radius 2 is 2.00 bits per heavy atom. The van der Waals surface area contributed by atoms with Gasteiger partial charge in [-0.25, -0.2) is 8.78 Å². The van der Waals surface area contributed by atoms with Gasteiger partial charge in [-0.1, -0.05) is 27.7 Å². The maximum absolute atomic E-state index is 13.1. The Balaban J connectivity index is 2.29. The van der Waals surface area contributed by atoms with Crippen molar-refractivity contribution >= 4 is 0 Å². The monoisotopic (exact) mass is 247 g/mol. The summed E-state index contributed by atoms with van der Waals surface area (Å²) in [6.07, 6.45) is 1.79.